The number of nitro benzene ring substituents is 1. The molecule has 0 saturated heterocycles. The zero-order valence-corrected chi connectivity index (χ0v) is 13.4. The Bertz CT molecular complexity index is 538. The minimum absolute atomic E-state index is 0.0857. The molecule has 1 rings (SSSR count). The molecule has 1 amide bonds. The van der Waals surface area contributed by atoms with Crippen LogP contribution in [0.4, 0.5) is 16.2 Å². The van der Waals surface area contributed by atoms with Gasteiger partial charge in [-0.15, -0.1) is 0 Å². The van der Waals surface area contributed by atoms with Gasteiger partial charge in [0.2, 0.25) is 0 Å². The number of nitro groups is 1. The number of para-hydroxylation sites is 1. The minimum atomic E-state index is -0.523. The maximum Gasteiger partial charge on any atom is 0.407 e. The third kappa shape index (κ3) is 5.99. The lowest BCUT2D eigenvalue weighted by molar-refractivity contribution is -0.384. The van der Waals surface area contributed by atoms with E-state index in [-0.39, 0.29) is 5.69 Å². The highest BCUT2D eigenvalue weighted by Gasteiger charge is 2.17. The Kier molecular flexibility index (Phi) is 6.15. The van der Waals surface area contributed by atoms with E-state index in [0.717, 1.165) is 0 Å². The second kappa shape index (κ2) is 7.63. The number of hydrogen-bond donors (Lipinski definition) is 2. The Morgan fingerprint density at radius 2 is 2.00 bits per heavy atom. The molecule has 1 aromatic rings. The molecule has 0 aliphatic rings. The van der Waals surface area contributed by atoms with Gasteiger partial charge < -0.3 is 15.4 Å². The van der Waals surface area contributed by atoms with Crippen LogP contribution in [0.25, 0.3) is 0 Å². The lowest BCUT2D eigenvalue weighted by Crippen LogP contribution is -2.33. The molecule has 0 aromatic heterocycles. The molecule has 7 heteroatoms. The number of benzene rings is 1. The van der Waals surface area contributed by atoms with E-state index >= 15 is 0 Å². The summed E-state index contributed by atoms with van der Waals surface area (Å²) >= 11 is 0. The predicted octanol–water partition coefficient (Wildman–Crippen LogP) is 3.23. The maximum atomic E-state index is 11.4. The second-order valence-electron chi connectivity index (χ2n) is 5.94. The first-order chi connectivity index (χ1) is 10.2. The number of nitrogens with zero attached hydrogens (tertiary/aromatic N) is 1. The molecule has 0 atom stereocenters. The summed E-state index contributed by atoms with van der Waals surface area (Å²) in [5.41, 5.74) is 0.664. The van der Waals surface area contributed by atoms with Crippen molar-refractivity contribution < 1.29 is 14.5 Å². The van der Waals surface area contributed by atoms with Crippen LogP contribution in [-0.4, -0.2) is 29.7 Å². The fourth-order valence-electron chi connectivity index (χ4n) is 1.86. The van der Waals surface area contributed by atoms with Crippen LogP contribution >= 0.6 is 0 Å². The molecule has 0 radical (unpaired) electrons. The number of nitrogens with one attached hydrogen (secondary N) is 2. The van der Waals surface area contributed by atoms with E-state index < -0.39 is 16.6 Å². The quantitative estimate of drug-likeness (QED) is 0.478. The van der Waals surface area contributed by atoms with Crippen molar-refractivity contribution >= 4 is 17.5 Å². The third-order valence-corrected chi connectivity index (χ3v) is 2.76. The molecule has 0 heterocycles. The Labute approximate surface area is 130 Å². The van der Waals surface area contributed by atoms with Gasteiger partial charge in [0, 0.05) is 18.7 Å². The monoisotopic (exact) mass is 309 g/mol. The molecule has 0 saturated carbocycles. The summed E-state index contributed by atoms with van der Waals surface area (Å²) in [5, 5.41) is 16.7. The molecule has 0 fully saturated rings. The van der Waals surface area contributed by atoms with Crippen molar-refractivity contribution in [1.29, 1.82) is 0 Å². The molecule has 0 bridgehead atoms. The van der Waals surface area contributed by atoms with Crippen LogP contribution in [0, 0.1) is 17.0 Å². The van der Waals surface area contributed by atoms with Gasteiger partial charge in [-0.05, 0) is 40.2 Å². The standard InChI is InChI=1S/C15H23N3O4/c1-11-7-5-8-12(13(11)18(20)21)16-9-6-10-17-14(19)22-15(2,3)4/h5,7-8,16H,6,9-10H2,1-4H3,(H,17,19). The van der Waals surface area contributed by atoms with Gasteiger partial charge >= 0.3 is 6.09 Å². The van der Waals surface area contributed by atoms with Crippen molar-refractivity contribution in [3.63, 3.8) is 0 Å². The molecule has 122 valence electrons. The fourth-order valence-corrected chi connectivity index (χ4v) is 1.86. The van der Waals surface area contributed by atoms with Crippen molar-refractivity contribution in [2.24, 2.45) is 0 Å². The lowest BCUT2D eigenvalue weighted by atomic mass is 10.1. The average Bonchev–Trinajstić information content (AvgIpc) is 2.35. The summed E-state index contributed by atoms with van der Waals surface area (Å²) in [4.78, 5) is 22.1. The van der Waals surface area contributed by atoms with E-state index in [9.17, 15) is 14.9 Å². The SMILES string of the molecule is Cc1cccc(NCCCNC(=O)OC(C)(C)C)c1[N+](=O)[O-]. The molecular formula is C15H23N3O4. The summed E-state index contributed by atoms with van der Waals surface area (Å²) in [6.45, 7) is 8.04. The van der Waals surface area contributed by atoms with Crippen LogP contribution in [0.5, 0.6) is 0 Å². The Hall–Kier alpha value is -2.31. The first-order valence-electron chi connectivity index (χ1n) is 7.15. The maximum absolute atomic E-state index is 11.4. The van der Waals surface area contributed by atoms with Gasteiger partial charge in [0.05, 0.1) is 4.92 Å². The van der Waals surface area contributed by atoms with Gasteiger partial charge in [-0.25, -0.2) is 4.79 Å². The van der Waals surface area contributed by atoms with Crippen LogP contribution in [0.2, 0.25) is 0 Å². The number of amides is 1. The number of ether oxygens (including phenoxy) is 1. The van der Waals surface area contributed by atoms with Gasteiger partial charge in [0.25, 0.3) is 5.69 Å². The van der Waals surface area contributed by atoms with Gasteiger partial charge in [-0.2, -0.15) is 0 Å². The van der Waals surface area contributed by atoms with E-state index in [0.29, 0.717) is 30.8 Å². The van der Waals surface area contributed by atoms with Gasteiger partial charge in [0.1, 0.15) is 11.3 Å². The molecule has 0 aliphatic carbocycles. The minimum Gasteiger partial charge on any atom is -0.444 e. The Morgan fingerprint density at radius 3 is 2.59 bits per heavy atom. The van der Waals surface area contributed by atoms with E-state index in [1.807, 2.05) is 0 Å². The Morgan fingerprint density at radius 1 is 1.32 bits per heavy atom. The predicted molar refractivity (Wildman–Crippen MR) is 85.2 cm³/mol. The summed E-state index contributed by atoms with van der Waals surface area (Å²) in [6.07, 6.45) is 0.165. The molecule has 22 heavy (non-hydrogen) atoms. The molecule has 7 nitrogen and oxygen atoms in total. The number of hydrogen-bond acceptors (Lipinski definition) is 5. The van der Waals surface area contributed by atoms with E-state index in [1.165, 1.54) is 0 Å². The Balaban J connectivity index is 2.39. The van der Waals surface area contributed by atoms with Gasteiger partial charge in [-0.3, -0.25) is 10.1 Å². The lowest BCUT2D eigenvalue weighted by Gasteiger charge is -2.19. The summed E-state index contributed by atoms with van der Waals surface area (Å²) in [6, 6.07) is 5.14. The molecule has 0 spiro atoms. The molecule has 1 aromatic carbocycles. The first kappa shape index (κ1) is 17.7. The molecular weight excluding hydrogens is 286 g/mol. The molecule has 2 N–H and O–H groups in total. The van der Waals surface area contributed by atoms with Crippen molar-refractivity contribution in [2.75, 3.05) is 18.4 Å². The van der Waals surface area contributed by atoms with Crippen molar-refractivity contribution in [3.05, 3.63) is 33.9 Å². The highest BCUT2D eigenvalue weighted by molar-refractivity contribution is 5.67. The first-order valence-corrected chi connectivity index (χ1v) is 7.15. The number of carbonyl (C=O) groups excluding carboxylic acids is 1. The van der Waals surface area contributed by atoms with Crippen molar-refractivity contribution in [1.82, 2.24) is 5.32 Å². The highest BCUT2D eigenvalue weighted by atomic mass is 16.6. The van der Waals surface area contributed by atoms with Crippen LogP contribution < -0.4 is 10.6 Å². The normalized spacial score (nSPS) is 10.9. The average molecular weight is 309 g/mol. The molecule has 0 unspecified atom stereocenters. The molecule has 0 aliphatic heterocycles. The summed E-state index contributed by atoms with van der Waals surface area (Å²) < 4.78 is 5.11. The second-order valence-corrected chi connectivity index (χ2v) is 5.94. The topological polar surface area (TPSA) is 93.5 Å². The summed E-state index contributed by atoms with van der Waals surface area (Å²) in [7, 11) is 0. The van der Waals surface area contributed by atoms with Crippen LogP contribution in [0.3, 0.4) is 0 Å². The van der Waals surface area contributed by atoms with E-state index in [4.69, 9.17) is 4.74 Å². The number of aryl methyl sites for hydroxylation is 1. The van der Waals surface area contributed by atoms with Gasteiger partial charge in [0.15, 0.2) is 0 Å². The number of anilines is 1. The number of rotatable bonds is 6. The smallest absolute Gasteiger partial charge is 0.407 e. The van der Waals surface area contributed by atoms with Gasteiger partial charge in [-0.1, -0.05) is 12.1 Å². The highest BCUT2D eigenvalue weighted by Crippen LogP contribution is 2.27. The summed E-state index contributed by atoms with van der Waals surface area (Å²) in [5.74, 6) is 0. The fraction of sp³-hybridized carbons (Fsp3) is 0.533. The van der Waals surface area contributed by atoms with Crippen LogP contribution in [0.15, 0.2) is 18.2 Å². The number of carbonyl (C=O) groups is 1. The van der Waals surface area contributed by atoms with E-state index in [2.05, 4.69) is 10.6 Å². The number of alkyl carbamates (subject to hydrolysis) is 1. The zero-order valence-electron chi connectivity index (χ0n) is 13.4. The van der Waals surface area contributed by atoms with Crippen LogP contribution in [0.1, 0.15) is 32.8 Å². The van der Waals surface area contributed by atoms with Crippen molar-refractivity contribution in [3.8, 4) is 0 Å². The van der Waals surface area contributed by atoms with Crippen molar-refractivity contribution in [2.45, 2.75) is 39.7 Å². The van der Waals surface area contributed by atoms with E-state index in [1.54, 1.807) is 45.9 Å². The zero-order chi connectivity index (χ0) is 16.8. The van der Waals surface area contributed by atoms with Crippen LogP contribution in [-0.2, 0) is 4.74 Å². The third-order valence-electron chi connectivity index (χ3n) is 2.76. The largest absolute Gasteiger partial charge is 0.444 e.